The van der Waals surface area contributed by atoms with Crippen molar-refractivity contribution in [1.82, 2.24) is 44.9 Å². The van der Waals surface area contributed by atoms with E-state index in [4.69, 9.17) is 95.1 Å². The molecule has 0 spiro atoms. The van der Waals surface area contributed by atoms with Crippen LogP contribution in [-0.4, -0.2) is 82.0 Å². The zero-order valence-corrected chi connectivity index (χ0v) is 74.2. The van der Waals surface area contributed by atoms with Gasteiger partial charge >= 0.3 is 7.12 Å². The molecule has 132 heavy (non-hydrogen) atoms. The molecule has 1 aliphatic heterocycles. The first kappa shape index (κ1) is 88.8. The molecule has 0 amide bonds. The minimum absolute atomic E-state index is 0. The molecule has 1 saturated heterocycles. The second-order valence-electron chi connectivity index (χ2n) is 31.9. The Kier molecular flexibility index (Phi) is 26.5. The summed E-state index contributed by atoms with van der Waals surface area (Å²) in [6, 6.07) is 133. The first-order chi connectivity index (χ1) is 63.6. The van der Waals surface area contributed by atoms with E-state index in [1.54, 1.807) is 0 Å². The fourth-order valence-corrected chi connectivity index (χ4v) is 16.3. The van der Waals surface area contributed by atoms with Crippen molar-refractivity contribution in [3.05, 3.63) is 416 Å². The summed E-state index contributed by atoms with van der Waals surface area (Å²) >= 11 is 19.5. The molecule has 6 aromatic heterocycles. The Balaban J connectivity index is 0.000000121. The van der Waals surface area contributed by atoms with Gasteiger partial charge in [-0.25, -0.2) is 34.9 Å². The smallest absolute Gasteiger partial charge is 0.455 e. The second kappa shape index (κ2) is 39.4. The number of benzene rings is 16. The summed E-state index contributed by atoms with van der Waals surface area (Å²) in [5.41, 5.74) is 19.3. The average molecular weight is 1780 g/mol. The van der Waals surface area contributed by atoms with Gasteiger partial charge < -0.3 is 33.5 Å². The van der Waals surface area contributed by atoms with Crippen molar-refractivity contribution in [2.24, 2.45) is 0 Å². The lowest BCUT2D eigenvalue weighted by Gasteiger charge is -2.32. The lowest BCUT2D eigenvalue weighted by molar-refractivity contribution is 0.00578. The van der Waals surface area contributed by atoms with E-state index in [0.717, 1.165) is 121 Å². The standard InChI is InChI=1S/C39H25N3O.C27H16ClN3O.C18H18BClO3.C15H10ClN3.C12H9B.2H2O/c1-4-12-26(13-5-1)27-20-22-28(23-21-27)35-33(25-24-32-31-18-10-11-19-34(31)43-36(32)35)39-41-37(29-14-6-2-7-15-29)40-38(42-39)30-16-8-3-9-17-30;28-23-21(16-15-20-19-13-7-8-14-22(19)32-24(20)23)27-30-25(17-9-3-1-4-10-17)29-26(31-27)18-11-5-2-6-12-18;1-17(2)18(3,4)23-19(22-17)13-10-9-12-11-7-5-6-8-14(11)21-16(12)15(13)20;16-15-18-13(11-7-3-1-4-8-11)17-14(19-15)12-9-5-2-6-10-12;13-12-8-6-11(7-9-12)10-4-2-1-3-5-10;;/h1-25H;1-16H;5-10H,1-4H3;1-10H;1-9H;2*1H2. The molecule has 2 radical (unpaired) electrons. The van der Waals surface area contributed by atoms with Gasteiger partial charge in [0.1, 0.15) is 30.2 Å². The SMILES string of the molecule is CC1(C)OB(c2ccc3c(oc4ccccc43)c2Cl)OC1(C)C.Clc1c(-c2nc(-c3ccccc3)nc(-c3ccccc3)n2)ccc2c1oc1ccccc12.Clc1nc(-c2ccccc2)nc(-c2ccccc2)n1.O.O.[B]c1ccc(-c2ccccc2)cc1.c1ccc(-c2ccc(-c3c(-c4nc(-c5ccccc5)nc(-c5ccccc5)n4)ccc4c3oc3ccccc34)cc2)cc1. The maximum absolute atomic E-state index is 6.85. The molecule has 1 aliphatic rings. The van der Waals surface area contributed by atoms with Crippen molar-refractivity contribution in [1.29, 1.82) is 0 Å². The molecule has 0 saturated carbocycles. The maximum atomic E-state index is 6.85. The number of halogens is 3. The van der Waals surface area contributed by atoms with Gasteiger partial charge in [0.2, 0.25) is 5.28 Å². The molecule has 0 bridgehead atoms. The molecule has 23 rings (SSSR count). The maximum Gasteiger partial charge on any atom is 0.496 e. The Morgan fingerprint density at radius 3 is 0.856 bits per heavy atom. The molecule has 640 valence electrons. The van der Waals surface area contributed by atoms with E-state index in [1.165, 1.54) is 16.7 Å². The van der Waals surface area contributed by atoms with Gasteiger partial charge in [-0.15, -0.1) is 0 Å². The highest BCUT2D eigenvalue weighted by atomic mass is 35.5. The molecule has 16 nitrogen and oxygen atoms in total. The third-order valence-electron chi connectivity index (χ3n) is 22.9. The monoisotopic (exact) mass is 1780 g/mol. The number of rotatable bonds is 12. The molecular formula is C111H82B2Cl3N9O7. The van der Waals surface area contributed by atoms with Gasteiger partial charge in [-0.05, 0) is 110 Å². The summed E-state index contributed by atoms with van der Waals surface area (Å²) in [4.78, 5) is 42.1. The molecule has 0 atom stereocenters. The van der Waals surface area contributed by atoms with Gasteiger partial charge in [0.25, 0.3) is 0 Å². The van der Waals surface area contributed by atoms with Gasteiger partial charge in [-0.3, -0.25) is 0 Å². The third kappa shape index (κ3) is 19.0. The van der Waals surface area contributed by atoms with Gasteiger partial charge in [0, 0.05) is 87.9 Å². The summed E-state index contributed by atoms with van der Waals surface area (Å²) < 4.78 is 30.8. The summed E-state index contributed by atoms with van der Waals surface area (Å²) in [7, 11) is 5.11. The minimum atomic E-state index is -0.495. The number of hydrogen-bond donors (Lipinski definition) is 0. The van der Waals surface area contributed by atoms with E-state index in [-0.39, 0.29) is 16.2 Å². The molecule has 1 fully saturated rings. The first-order valence-corrected chi connectivity index (χ1v) is 43.5. The molecule has 22 aromatic rings. The molecule has 0 aliphatic carbocycles. The van der Waals surface area contributed by atoms with E-state index < -0.39 is 18.3 Å². The predicted molar refractivity (Wildman–Crippen MR) is 537 cm³/mol. The van der Waals surface area contributed by atoms with Gasteiger partial charge in [-0.2, -0.15) is 9.97 Å². The Bertz CT molecular complexity index is 7590. The quantitative estimate of drug-likeness (QED) is 0.103. The highest BCUT2D eigenvalue weighted by Gasteiger charge is 2.52. The van der Waals surface area contributed by atoms with Gasteiger partial charge in [0.05, 0.1) is 21.2 Å². The van der Waals surface area contributed by atoms with Crippen LogP contribution < -0.4 is 10.9 Å². The zero-order valence-electron chi connectivity index (χ0n) is 72.0. The summed E-state index contributed by atoms with van der Waals surface area (Å²) in [5, 5.41) is 7.44. The van der Waals surface area contributed by atoms with Crippen LogP contribution in [0, 0.1) is 0 Å². The van der Waals surface area contributed by atoms with Crippen LogP contribution in [0.2, 0.25) is 15.3 Å². The Hall–Kier alpha value is -15.2. The van der Waals surface area contributed by atoms with E-state index in [1.807, 2.05) is 349 Å². The second-order valence-corrected chi connectivity index (χ2v) is 33.0. The number of hydrogen-bond acceptors (Lipinski definition) is 14. The van der Waals surface area contributed by atoms with Gasteiger partial charge in [0.15, 0.2) is 57.8 Å². The largest absolute Gasteiger partial charge is 0.496 e. The van der Waals surface area contributed by atoms with Crippen molar-refractivity contribution >= 4 is 127 Å². The lowest BCUT2D eigenvalue weighted by atomic mass is 9.78. The van der Waals surface area contributed by atoms with Crippen LogP contribution in [0.5, 0.6) is 0 Å². The number of fused-ring (bicyclic) bond motifs is 9. The molecular weight excluding hydrogens is 1700 g/mol. The fourth-order valence-electron chi connectivity index (χ4n) is 15.5. The van der Waals surface area contributed by atoms with Crippen molar-refractivity contribution in [3.8, 4) is 124 Å². The van der Waals surface area contributed by atoms with Crippen molar-refractivity contribution in [2.75, 3.05) is 0 Å². The molecule has 4 N–H and O–H groups in total. The van der Waals surface area contributed by atoms with Crippen LogP contribution in [0.1, 0.15) is 27.7 Å². The minimum Gasteiger partial charge on any atom is -0.455 e. The van der Waals surface area contributed by atoms with Crippen LogP contribution in [0.15, 0.2) is 414 Å². The zero-order chi connectivity index (χ0) is 88.7. The van der Waals surface area contributed by atoms with Gasteiger partial charge in [-0.1, -0.05) is 387 Å². The summed E-state index contributed by atoms with van der Waals surface area (Å²) in [6.07, 6.45) is 0. The molecule has 0 unspecified atom stereocenters. The first-order valence-electron chi connectivity index (χ1n) is 42.4. The van der Waals surface area contributed by atoms with Crippen LogP contribution in [-0.2, 0) is 9.31 Å². The fraction of sp³-hybridized carbons (Fsp3) is 0.0541. The highest BCUT2D eigenvalue weighted by Crippen LogP contribution is 2.45. The van der Waals surface area contributed by atoms with Crippen molar-refractivity contribution in [3.63, 3.8) is 0 Å². The molecule has 7 heterocycles. The Labute approximate surface area is 778 Å². The predicted octanol–water partition coefficient (Wildman–Crippen LogP) is 26.4. The van der Waals surface area contributed by atoms with Crippen molar-refractivity contribution in [2.45, 2.75) is 38.9 Å². The number of para-hydroxylation sites is 3. The number of aromatic nitrogens is 9. The molecule has 16 aromatic carbocycles. The number of nitrogens with zero attached hydrogens (tertiary/aromatic N) is 9. The summed E-state index contributed by atoms with van der Waals surface area (Å²) in [5.74, 6) is 4.70. The van der Waals surface area contributed by atoms with E-state index in [2.05, 4.69) is 93.8 Å². The van der Waals surface area contributed by atoms with Crippen LogP contribution in [0.25, 0.3) is 190 Å². The van der Waals surface area contributed by atoms with Crippen LogP contribution in [0.3, 0.4) is 0 Å². The van der Waals surface area contributed by atoms with Crippen molar-refractivity contribution < 1.29 is 33.5 Å². The third-order valence-corrected chi connectivity index (χ3v) is 23.8. The Morgan fingerprint density at radius 1 is 0.235 bits per heavy atom. The van der Waals surface area contributed by atoms with E-state index >= 15 is 0 Å². The van der Waals surface area contributed by atoms with E-state index in [9.17, 15) is 0 Å². The van der Waals surface area contributed by atoms with E-state index in [0.29, 0.717) is 73.4 Å². The summed E-state index contributed by atoms with van der Waals surface area (Å²) in [6.45, 7) is 8.11. The lowest BCUT2D eigenvalue weighted by Crippen LogP contribution is -2.41. The normalized spacial score (nSPS) is 12.3. The topological polar surface area (TPSA) is 237 Å². The molecule has 21 heteroatoms. The Morgan fingerprint density at radius 2 is 0.492 bits per heavy atom. The number of furan rings is 3. The average Bonchev–Trinajstić information content (AvgIpc) is 1.56. The highest BCUT2D eigenvalue weighted by molar-refractivity contribution is 6.66. The van der Waals surface area contributed by atoms with Crippen LogP contribution >= 0.6 is 34.8 Å². The van der Waals surface area contributed by atoms with Crippen LogP contribution in [0.4, 0.5) is 0 Å².